The van der Waals surface area contributed by atoms with Crippen molar-refractivity contribution in [3.05, 3.63) is 35.4 Å². The molecular weight excluding hydrogens is 258 g/mol. The third-order valence-electron chi connectivity index (χ3n) is 3.69. The predicted molar refractivity (Wildman–Crippen MR) is 79.6 cm³/mol. The maximum absolute atomic E-state index is 11.3. The zero-order chi connectivity index (χ0) is 13.7. The fourth-order valence-corrected chi connectivity index (χ4v) is 3.27. The first-order valence-electron chi connectivity index (χ1n) is 6.66. The molecule has 1 aliphatic carbocycles. The van der Waals surface area contributed by atoms with Crippen LogP contribution in [0.5, 0.6) is 0 Å². The van der Waals surface area contributed by atoms with E-state index in [0.29, 0.717) is 11.6 Å². The number of esters is 1. The number of nitrogens with one attached hydrogen (secondary N) is 1. The fraction of sp³-hybridized carbons (Fsp3) is 0.533. The highest BCUT2D eigenvalue weighted by atomic mass is 32.2. The summed E-state index contributed by atoms with van der Waals surface area (Å²) in [5.41, 5.74) is 1.81. The first kappa shape index (κ1) is 14.4. The lowest BCUT2D eigenvalue weighted by Gasteiger charge is -2.12. The minimum absolute atomic E-state index is 0.280. The monoisotopic (exact) mass is 279 g/mol. The smallest absolute Gasteiger partial charge is 0.337 e. The molecule has 0 aromatic heterocycles. The summed E-state index contributed by atoms with van der Waals surface area (Å²) in [6, 6.07) is 8.25. The molecule has 1 saturated carbocycles. The van der Waals surface area contributed by atoms with Crippen molar-refractivity contribution in [2.75, 3.05) is 13.4 Å². The van der Waals surface area contributed by atoms with Gasteiger partial charge in [0.25, 0.3) is 0 Å². The Kier molecular flexibility index (Phi) is 5.28. The van der Waals surface area contributed by atoms with Crippen molar-refractivity contribution in [3.63, 3.8) is 0 Å². The SMILES string of the molecule is COC(=O)c1ccc(CNC2CCC(SC)C2)cc1. The third kappa shape index (κ3) is 3.98. The van der Waals surface area contributed by atoms with Gasteiger partial charge in [0.1, 0.15) is 0 Å². The lowest BCUT2D eigenvalue weighted by molar-refractivity contribution is 0.0600. The molecule has 19 heavy (non-hydrogen) atoms. The molecule has 1 aromatic carbocycles. The third-order valence-corrected chi connectivity index (χ3v) is 4.78. The Morgan fingerprint density at radius 2 is 2.11 bits per heavy atom. The van der Waals surface area contributed by atoms with E-state index in [2.05, 4.69) is 16.3 Å². The fourth-order valence-electron chi connectivity index (χ4n) is 2.48. The molecule has 0 aliphatic heterocycles. The Bertz CT molecular complexity index is 419. The minimum atomic E-state index is -0.280. The molecule has 1 fully saturated rings. The second-order valence-electron chi connectivity index (χ2n) is 4.94. The van der Waals surface area contributed by atoms with Crippen LogP contribution in [0.2, 0.25) is 0 Å². The van der Waals surface area contributed by atoms with Gasteiger partial charge in [-0.2, -0.15) is 11.8 Å². The molecule has 3 nitrogen and oxygen atoms in total. The second-order valence-corrected chi connectivity index (χ2v) is 6.08. The zero-order valence-electron chi connectivity index (χ0n) is 11.5. The van der Waals surface area contributed by atoms with Gasteiger partial charge >= 0.3 is 5.97 Å². The molecular formula is C15H21NO2S. The van der Waals surface area contributed by atoms with E-state index in [-0.39, 0.29) is 5.97 Å². The van der Waals surface area contributed by atoms with E-state index in [1.54, 1.807) is 0 Å². The number of hydrogen-bond donors (Lipinski definition) is 1. The van der Waals surface area contributed by atoms with Crippen LogP contribution in [0, 0.1) is 0 Å². The van der Waals surface area contributed by atoms with Gasteiger partial charge < -0.3 is 10.1 Å². The van der Waals surface area contributed by atoms with Crippen LogP contribution in [0.1, 0.15) is 35.2 Å². The van der Waals surface area contributed by atoms with Crippen LogP contribution in [0.4, 0.5) is 0 Å². The molecule has 1 aliphatic rings. The Balaban J connectivity index is 1.82. The number of hydrogen-bond acceptors (Lipinski definition) is 4. The normalized spacial score (nSPS) is 22.4. The van der Waals surface area contributed by atoms with Crippen LogP contribution in [0.25, 0.3) is 0 Å². The summed E-state index contributed by atoms with van der Waals surface area (Å²) in [6.07, 6.45) is 6.05. The minimum Gasteiger partial charge on any atom is -0.465 e. The van der Waals surface area contributed by atoms with E-state index in [9.17, 15) is 4.79 Å². The molecule has 0 heterocycles. The topological polar surface area (TPSA) is 38.3 Å². The molecule has 104 valence electrons. The summed E-state index contributed by atoms with van der Waals surface area (Å²) in [7, 11) is 1.40. The molecule has 0 saturated heterocycles. The predicted octanol–water partition coefficient (Wildman–Crippen LogP) is 2.85. The highest BCUT2D eigenvalue weighted by molar-refractivity contribution is 7.99. The zero-order valence-corrected chi connectivity index (χ0v) is 12.3. The van der Waals surface area contributed by atoms with Gasteiger partial charge in [-0.3, -0.25) is 0 Å². The number of ether oxygens (including phenoxy) is 1. The van der Waals surface area contributed by atoms with Gasteiger partial charge in [0.05, 0.1) is 12.7 Å². The van der Waals surface area contributed by atoms with Crippen molar-refractivity contribution in [3.8, 4) is 0 Å². The number of thioether (sulfide) groups is 1. The largest absolute Gasteiger partial charge is 0.465 e. The Morgan fingerprint density at radius 3 is 2.68 bits per heavy atom. The quantitative estimate of drug-likeness (QED) is 0.841. The highest BCUT2D eigenvalue weighted by Gasteiger charge is 2.23. The molecule has 2 atom stereocenters. The van der Waals surface area contributed by atoms with E-state index in [1.807, 2.05) is 36.0 Å². The van der Waals surface area contributed by atoms with Gasteiger partial charge in [0.2, 0.25) is 0 Å². The van der Waals surface area contributed by atoms with Crippen LogP contribution in [-0.2, 0) is 11.3 Å². The molecule has 1 N–H and O–H groups in total. The number of rotatable bonds is 5. The first-order valence-corrected chi connectivity index (χ1v) is 7.95. The molecule has 0 amide bonds. The summed E-state index contributed by atoms with van der Waals surface area (Å²) < 4.78 is 4.68. The van der Waals surface area contributed by atoms with Crippen molar-refractivity contribution in [1.29, 1.82) is 0 Å². The standard InChI is InChI=1S/C15H21NO2S/c1-18-15(17)12-5-3-11(4-6-12)10-16-13-7-8-14(9-13)19-2/h3-6,13-14,16H,7-10H2,1-2H3. The maximum Gasteiger partial charge on any atom is 0.337 e. The molecule has 0 bridgehead atoms. The van der Waals surface area contributed by atoms with E-state index in [1.165, 1.54) is 31.9 Å². The van der Waals surface area contributed by atoms with Gasteiger partial charge in [-0.15, -0.1) is 0 Å². The average molecular weight is 279 g/mol. The number of carbonyl (C=O) groups excluding carboxylic acids is 1. The van der Waals surface area contributed by atoms with Gasteiger partial charge in [0, 0.05) is 17.8 Å². The second kappa shape index (κ2) is 6.96. The van der Waals surface area contributed by atoms with Crippen LogP contribution in [-0.4, -0.2) is 30.6 Å². The highest BCUT2D eigenvalue weighted by Crippen LogP contribution is 2.28. The molecule has 2 rings (SSSR count). The molecule has 0 spiro atoms. The lowest BCUT2D eigenvalue weighted by Crippen LogP contribution is -2.26. The van der Waals surface area contributed by atoms with E-state index >= 15 is 0 Å². The van der Waals surface area contributed by atoms with Gasteiger partial charge in [-0.25, -0.2) is 4.79 Å². The molecule has 2 unspecified atom stereocenters. The van der Waals surface area contributed by atoms with Crippen LogP contribution in [0.3, 0.4) is 0 Å². The Morgan fingerprint density at radius 1 is 1.37 bits per heavy atom. The molecule has 0 radical (unpaired) electrons. The maximum atomic E-state index is 11.3. The van der Waals surface area contributed by atoms with Crippen LogP contribution < -0.4 is 5.32 Å². The van der Waals surface area contributed by atoms with Gasteiger partial charge in [-0.1, -0.05) is 12.1 Å². The summed E-state index contributed by atoms with van der Waals surface area (Å²) in [6.45, 7) is 0.868. The Hall–Kier alpha value is -1.00. The number of benzene rings is 1. The average Bonchev–Trinajstić information content (AvgIpc) is 2.93. The van der Waals surface area contributed by atoms with Crippen molar-refractivity contribution < 1.29 is 9.53 Å². The van der Waals surface area contributed by atoms with Crippen molar-refractivity contribution >= 4 is 17.7 Å². The lowest BCUT2D eigenvalue weighted by atomic mass is 10.1. The van der Waals surface area contributed by atoms with Gasteiger partial charge in [-0.05, 0) is 43.2 Å². The summed E-state index contributed by atoms with van der Waals surface area (Å²) in [4.78, 5) is 11.3. The summed E-state index contributed by atoms with van der Waals surface area (Å²) in [5, 5.41) is 4.41. The van der Waals surface area contributed by atoms with Crippen molar-refractivity contribution in [2.45, 2.75) is 37.1 Å². The molecule has 1 aromatic rings. The summed E-state index contributed by atoms with van der Waals surface area (Å²) >= 11 is 1.97. The number of carbonyl (C=O) groups is 1. The van der Waals surface area contributed by atoms with Crippen molar-refractivity contribution in [2.24, 2.45) is 0 Å². The van der Waals surface area contributed by atoms with E-state index in [4.69, 9.17) is 0 Å². The molecule has 4 heteroatoms. The number of methoxy groups -OCH3 is 1. The summed E-state index contributed by atoms with van der Waals surface area (Å²) in [5.74, 6) is -0.280. The Labute approximate surface area is 119 Å². The van der Waals surface area contributed by atoms with Crippen LogP contribution >= 0.6 is 11.8 Å². The first-order chi connectivity index (χ1) is 9.22. The van der Waals surface area contributed by atoms with Crippen LogP contribution in [0.15, 0.2) is 24.3 Å². The van der Waals surface area contributed by atoms with Gasteiger partial charge in [0.15, 0.2) is 0 Å². The van der Waals surface area contributed by atoms with E-state index in [0.717, 1.165) is 11.8 Å². The van der Waals surface area contributed by atoms with E-state index < -0.39 is 0 Å². The van der Waals surface area contributed by atoms with Crippen molar-refractivity contribution in [1.82, 2.24) is 5.32 Å².